The van der Waals surface area contributed by atoms with Crippen LogP contribution < -0.4 is 16.4 Å². The van der Waals surface area contributed by atoms with Gasteiger partial charge in [0.15, 0.2) is 17.3 Å². The van der Waals surface area contributed by atoms with E-state index in [9.17, 15) is 18.4 Å². The smallest absolute Gasteiger partial charge is 0.259 e. The van der Waals surface area contributed by atoms with Gasteiger partial charge in [-0.15, -0.1) is 5.10 Å². The third kappa shape index (κ3) is 6.27. The van der Waals surface area contributed by atoms with Crippen molar-refractivity contribution < 1.29 is 22.8 Å². The first kappa shape index (κ1) is 31.1. The highest BCUT2D eigenvalue weighted by Crippen LogP contribution is 2.37. The van der Waals surface area contributed by atoms with Crippen LogP contribution in [0.5, 0.6) is 0 Å². The lowest BCUT2D eigenvalue weighted by Gasteiger charge is -2.54. The number of likely N-dealkylation sites (tertiary alicyclic amines) is 2. The number of nitrogens with one attached hydrogen (secondary N) is 2. The lowest BCUT2D eigenvalue weighted by atomic mass is 9.72. The summed E-state index contributed by atoms with van der Waals surface area (Å²) in [4.78, 5) is 34.7. The molecule has 13 heteroatoms. The van der Waals surface area contributed by atoms with Crippen molar-refractivity contribution >= 4 is 23.3 Å². The zero-order valence-corrected chi connectivity index (χ0v) is 25.3. The Morgan fingerprint density at radius 2 is 1.64 bits per heavy atom. The first-order chi connectivity index (χ1) is 21.3. The highest BCUT2D eigenvalue weighted by molar-refractivity contribution is 6.04. The second-order valence-corrected chi connectivity index (χ2v) is 13.3. The second kappa shape index (κ2) is 13.2. The number of anilines is 1. The van der Waals surface area contributed by atoms with E-state index in [1.165, 1.54) is 12.8 Å². The van der Waals surface area contributed by atoms with Gasteiger partial charge in [-0.2, -0.15) is 0 Å². The van der Waals surface area contributed by atoms with Crippen molar-refractivity contribution in [1.29, 1.82) is 0 Å². The number of halogens is 3. The van der Waals surface area contributed by atoms with Crippen molar-refractivity contribution in [3.8, 4) is 0 Å². The molecule has 4 fully saturated rings. The van der Waals surface area contributed by atoms with E-state index in [2.05, 4.69) is 25.6 Å². The van der Waals surface area contributed by atoms with Gasteiger partial charge in [0.25, 0.3) is 5.91 Å². The molecular formula is C31H45F3N8O2. The molecule has 242 valence electrons. The number of alkyl halides is 2. The van der Waals surface area contributed by atoms with Crippen molar-refractivity contribution in [3.05, 3.63) is 23.8 Å². The van der Waals surface area contributed by atoms with Crippen molar-refractivity contribution in [3.63, 3.8) is 0 Å². The molecule has 5 heterocycles. The molecule has 2 amide bonds. The highest BCUT2D eigenvalue weighted by atomic mass is 19.1. The fourth-order valence-electron chi connectivity index (χ4n) is 7.95. The zero-order chi connectivity index (χ0) is 30.8. The summed E-state index contributed by atoms with van der Waals surface area (Å²) in [5.74, 6) is -1.42. The van der Waals surface area contributed by atoms with E-state index in [0.717, 1.165) is 68.3 Å². The quantitative estimate of drug-likeness (QED) is 0.481. The van der Waals surface area contributed by atoms with E-state index in [4.69, 9.17) is 5.73 Å². The molecule has 2 aromatic rings. The van der Waals surface area contributed by atoms with Gasteiger partial charge in [0, 0.05) is 18.0 Å². The molecule has 44 heavy (non-hydrogen) atoms. The molecule has 2 aromatic heterocycles. The summed E-state index contributed by atoms with van der Waals surface area (Å²) < 4.78 is 44.6. The van der Waals surface area contributed by atoms with Gasteiger partial charge in [-0.3, -0.25) is 14.5 Å². The summed E-state index contributed by atoms with van der Waals surface area (Å²) >= 11 is 0. The van der Waals surface area contributed by atoms with Crippen molar-refractivity contribution in [2.75, 3.05) is 38.5 Å². The van der Waals surface area contributed by atoms with E-state index in [0.29, 0.717) is 25.9 Å². The molecule has 1 spiro atoms. The molecule has 4 N–H and O–H groups in total. The number of piperidine rings is 2. The Morgan fingerprint density at radius 3 is 2.27 bits per heavy atom. The van der Waals surface area contributed by atoms with Crippen LogP contribution in [0.1, 0.15) is 87.4 Å². The molecule has 0 aromatic carbocycles. The van der Waals surface area contributed by atoms with Gasteiger partial charge in [-0.1, -0.05) is 51.4 Å². The lowest BCUT2D eigenvalue weighted by molar-refractivity contribution is -0.144. The largest absolute Gasteiger partial charge is 0.381 e. The predicted molar refractivity (Wildman–Crippen MR) is 160 cm³/mol. The van der Waals surface area contributed by atoms with Crippen LogP contribution in [0.15, 0.2) is 12.4 Å². The first-order valence-electron chi connectivity index (χ1n) is 16.4. The lowest BCUT2D eigenvalue weighted by Crippen LogP contribution is -2.75. The van der Waals surface area contributed by atoms with Gasteiger partial charge >= 0.3 is 0 Å². The highest BCUT2D eigenvalue weighted by Gasteiger charge is 2.52. The van der Waals surface area contributed by atoms with Crippen LogP contribution in [0.2, 0.25) is 0 Å². The third-order valence-corrected chi connectivity index (χ3v) is 10.4. The molecule has 1 aliphatic carbocycles. The van der Waals surface area contributed by atoms with E-state index < -0.39 is 41.7 Å². The van der Waals surface area contributed by atoms with Crippen LogP contribution in [-0.4, -0.2) is 98.9 Å². The average Bonchev–Trinajstić information content (AvgIpc) is 3.29. The molecular weight excluding hydrogens is 573 g/mol. The predicted octanol–water partition coefficient (Wildman–Crippen LogP) is 3.40. The zero-order valence-electron chi connectivity index (χ0n) is 25.3. The Balaban J connectivity index is 1.29. The Morgan fingerprint density at radius 1 is 1.00 bits per heavy atom. The second-order valence-electron chi connectivity index (χ2n) is 13.3. The number of amides is 2. The van der Waals surface area contributed by atoms with E-state index >= 15 is 4.39 Å². The van der Waals surface area contributed by atoms with Crippen molar-refractivity contribution in [2.45, 2.75) is 107 Å². The number of nitrogen functional groups attached to an aromatic ring is 1. The molecule has 4 aliphatic rings. The number of carbonyl (C=O) groups excluding carboxylic acids is 2. The Labute approximate surface area is 256 Å². The standard InChI is InChI=1S/C31H45F3N8O2/c32-21-15-36-28-24(27(35)39-42(28)19-21)29(43)38-26-25(40-13-9-20(10-14-40)30(44)41-17-22(33)18-41)23(34)16-37-31(26)11-7-5-3-1-2-4-6-8-12-31/h15,19-20,22-23,25-26,37H,1-14,16-18H2,(H2,35,39)(H,38,43). The number of carbonyl (C=O) groups is 2. The Kier molecular flexibility index (Phi) is 9.32. The number of hydrogen-bond donors (Lipinski definition) is 3. The normalized spacial score (nSPS) is 28.0. The molecule has 1 saturated carbocycles. The summed E-state index contributed by atoms with van der Waals surface area (Å²) in [6.07, 6.45) is 11.5. The van der Waals surface area contributed by atoms with Gasteiger partial charge < -0.3 is 21.3 Å². The molecule has 3 atom stereocenters. The van der Waals surface area contributed by atoms with Crippen LogP contribution in [0.25, 0.3) is 5.65 Å². The minimum atomic E-state index is -1.26. The molecule has 10 nitrogen and oxygen atoms in total. The SMILES string of the molecule is Nc1nn2cc(F)cnc2c1C(=O)NC1C(N2CCC(C(=O)N3CC(F)C3)CC2)C(F)CNC12CCCCCCCCCC2. The third-order valence-electron chi connectivity index (χ3n) is 10.4. The fraction of sp³-hybridized carbons (Fsp3) is 0.742. The average molecular weight is 619 g/mol. The molecule has 3 aliphatic heterocycles. The van der Waals surface area contributed by atoms with Gasteiger partial charge in [0.2, 0.25) is 5.91 Å². The number of nitrogens with two attached hydrogens (primary N) is 1. The summed E-state index contributed by atoms with van der Waals surface area (Å²) in [7, 11) is 0. The fourth-order valence-corrected chi connectivity index (χ4v) is 7.95. The van der Waals surface area contributed by atoms with Crippen LogP contribution in [0, 0.1) is 11.7 Å². The number of fused-ring (bicyclic) bond motifs is 1. The summed E-state index contributed by atoms with van der Waals surface area (Å²) in [5.41, 5.74) is 5.80. The Bertz CT molecular complexity index is 1310. The maximum Gasteiger partial charge on any atom is 0.259 e. The van der Waals surface area contributed by atoms with Crippen LogP contribution in [0.3, 0.4) is 0 Å². The maximum absolute atomic E-state index is 16.2. The summed E-state index contributed by atoms with van der Waals surface area (Å²) in [5, 5.41) is 10.9. The minimum absolute atomic E-state index is 0.0159. The summed E-state index contributed by atoms with van der Waals surface area (Å²) in [6, 6.07) is -1.21. The van der Waals surface area contributed by atoms with E-state index in [1.807, 2.05) is 0 Å². The Hall–Kier alpha value is -2.93. The van der Waals surface area contributed by atoms with Gasteiger partial charge in [0.05, 0.1) is 37.6 Å². The molecule has 6 rings (SSSR count). The minimum Gasteiger partial charge on any atom is -0.381 e. The number of nitrogens with zero attached hydrogens (tertiary/aromatic N) is 5. The van der Waals surface area contributed by atoms with Gasteiger partial charge in [0.1, 0.15) is 17.9 Å². The maximum atomic E-state index is 16.2. The molecule has 0 radical (unpaired) electrons. The molecule has 0 bridgehead atoms. The summed E-state index contributed by atoms with van der Waals surface area (Å²) in [6.45, 7) is 1.52. The molecule has 3 unspecified atom stereocenters. The van der Waals surface area contributed by atoms with Crippen LogP contribution >= 0.6 is 0 Å². The van der Waals surface area contributed by atoms with Crippen LogP contribution in [-0.2, 0) is 4.79 Å². The van der Waals surface area contributed by atoms with Gasteiger partial charge in [-0.05, 0) is 38.8 Å². The topological polar surface area (TPSA) is 121 Å². The monoisotopic (exact) mass is 618 g/mol. The van der Waals surface area contributed by atoms with E-state index in [-0.39, 0.29) is 48.5 Å². The molecule has 3 saturated heterocycles. The van der Waals surface area contributed by atoms with Crippen LogP contribution in [0.4, 0.5) is 19.0 Å². The van der Waals surface area contributed by atoms with E-state index in [1.54, 1.807) is 4.90 Å². The van der Waals surface area contributed by atoms with Gasteiger partial charge in [-0.25, -0.2) is 22.7 Å². The first-order valence-corrected chi connectivity index (χ1v) is 16.4. The van der Waals surface area contributed by atoms with Crippen molar-refractivity contribution in [1.82, 2.24) is 35.0 Å². The number of aromatic nitrogens is 3. The number of rotatable bonds is 4. The number of hydrogen-bond acceptors (Lipinski definition) is 7. The van der Waals surface area contributed by atoms with Crippen molar-refractivity contribution in [2.24, 2.45) is 5.92 Å².